The van der Waals surface area contributed by atoms with Crippen LogP contribution in [0.2, 0.25) is 0 Å². The van der Waals surface area contributed by atoms with Crippen molar-refractivity contribution in [2.75, 3.05) is 0 Å². The number of hydrogen-bond donors (Lipinski definition) is 0. The molecule has 0 unspecified atom stereocenters. The van der Waals surface area contributed by atoms with Gasteiger partial charge >= 0.3 is 0 Å². The number of pyridine rings is 1. The maximum Gasteiger partial charge on any atom is 0.105 e. The van der Waals surface area contributed by atoms with Gasteiger partial charge in [-0.3, -0.25) is 0 Å². The van der Waals surface area contributed by atoms with Crippen LogP contribution in [0.4, 0.5) is 0 Å². The van der Waals surface area contributed by atoms with E-state index in [1.54, 1.807) is 0 Å². The van der Waals surface area contributed by atoms with E-state index in [9.17, 15) is 0 Å². The third-order valence-corrected chi connectivity index (χ3v) is 1.94. The maximum absolute atomic E-state index is 4.96. The monoisotopic (exact) mass is 203 g/mol. The molecule has 0 aromatic carbocycles. The van der Waals surface area contributed by atoms with Gasteiger partial charge in [-0.05, 0) is 28.1 Å². The highest BCUT2D eigenvalue weighted by Gasteiger charge is 1.84. The average Bonchev–Trinajstić information content (AvgIpc) is 1.80. The minimum Gasteiger partial charge on any atom is -0.341 e. The van der Waals surface area contributed by atoms with E-state index in [2.05, 4.69) is 15.9 Å². The minimum absolute atomic E-state index is 0.846. The summed E-state index contributed by atoms with van der Waals surface area (Å²) in [5.41, 5.74) is 0. The van der Waals surface area contributed by atoms with E-state index in [4.69, 9.17) is 12.2 Å². The highest BCUT2D eigenvalue weighted by Crippen LogP contribution is 2.06. The first-order chi connectivity index (χ1) is 4.20. The number of nitrogens with zero attached hydrogens (tertiary/aromatic N) is 1. The van der Waals surface area contributed by atoms with Crippen LogP contribution in [0.5, 0.6) is 0 Å². The molecule has 3 heteroatoms. The van der Waals surface area contributed by atoms with E-state index in [-0.39, 0.29) is 0 Å². The highest BCUT2D eigenvalue weighted by molar-refractivity contribution is 9.10. The Balaban J connectivity index is 3.34. The van der Waals surface area contributed by atoms with Gasteiger partial charge in [0, 0.05) is 17.7 Å². The Hall–Kier alpha value is -0.150. The molecule has 0 N–H and O–H groups in total. The van der Waals surface area contributed by atoms with Crippen LogP contribution in [0.25, 0.3) is 0 Å². The van der Waals surface area contributed by atoms with Crippen molar-refractivity contribution in [3.8, 4) is 0 Å². The van der Waals surface area contributed by atoms with Crippen LogP contribution in [0.3, 0.4) is 0 Å². The Morgan fingerprint density at radius 1 is 1.56 bits per heavy atom. The lowest BCUT2D eigenvalue weighted by molar-refractivity contribution is 0.882. The van der Waals surface area contributed by atoms with Crippen LogP contribution >= 0.6 is 28.1 Å². The quantitative estimate of drug-likeness (QED) is 0.588. The summed E-state index contributed by atoms with van der Waals surface area (Å²) in [6, 6.07) is 3.82. The van der Waals surface area contributed by atoms with Gasteiger partial charge in [0.1, 0.15) is 4.64 Å². The molecule has 1 rings (SSSR count). The fraction of sp³-hybridized carbons (Fsp3) is 0.167. The Kier molecular flexibility index (Phi) is 2.03. The molecular formula is C6H6BrNS. The molecule has 0 saturated carbocycles. The zero-order valence-electron chi connectivity index (χ0n) is 4.97. The summed E-state index contributed by atoms with van der Waals surface area (Å²) in [7, 11) is 1.92. The zero-order chi connectivity index (χ0) is 6.85. The summed E-state index contributed by atoms with van der Waals surface area (Å²) in [5.74, 6) is 0. The highest BCUT2D eigenvalue weighted by atomic mass is 79.9. The molecule has 0 aliphatic carbocycles. The molecule has 0 fully saturated rings. The number of aromatic nitrogens is 1. The molecule has 1 heterocycles. The van der Waals surface area contributed by atoms with Gasteiger partial charge in [0.2, 0.25) is 0 Å². The fourth-order valence-corrected chi connectivity index (χ4v) is 1.12. The van der Waals surface area contributed by atoms with Gasteiger partial charge in [0.05, 0.1) is 0 Å². The SMILES string of the molecule is Cn1cc(Br)ccc1=S. The average molecular weight is 204 g/mol. The maximum atomic E-state index is 4.96. The van der Waals surface area contributed by atoms with E-state index in [0.717, 1.165) is 9.11 Å². The molecule has 0 aliphatic heterocycles. The van der Waals surface area contributed by atoms with Gasteiger partial charge in [-0.2, -0.15) is 0 Å². The van der Waals surface area contributed by atoms with Crippen molar-refractivity contribution in [1.29, 1.82) is 0 Å². The van der Waals surface area contributed by atoms with Crippen molar-refractivity contribution < 1.29 is 0 Å². The molecule has 48 valence electrons. The summed E-state index contributed by atoms with van der Waals surface area (Å²) in [6.45, 7) is 0. The van der Waals surface area contributed by atoms with Crippen molar-refractivity contribution in [1.82, 2.24) is 4.57 Å². The van der Waals surface area contributed by atoms with Crippen LogP contribution in [0.1, 0.15) is 0 Å². The standard InChI is InChI=1S/C6H6BrNS/c1-8-4-5(7)2-3-6(8)9/h2-4H,1H3. The summed E-state index contributed by atoms with van der Waals surface area (Å²) in [6.07, 6.45) is 1.93. The molecule has 1 aromatic rings. The smallest absolute Gasteiger partial charge is 0.105 e. The van der Waals surface area contributed by atoms with Gasteiger partial charge in [0.15, 0.2) is 0 Å². The molecule has 0 atom stereocenters. The molecule has 9 heavy (non-hydrogen) atoms. The summed E-state index contributed by atoms with van der Waals surface area (Å²) < 4.78 is 3.79. The van der Waals surface area contributed by atoms with Crippen molar-refractivity contribution in [3.63, 3.8) is 0 Å². The molecule has 0 radical (unpaired) electrons. The second-order valence-corrected chi connectivity index (χ2v) is 3.13. The predicted octanol–water partition coefficient (Wildman–Crippen LogP) is 2.52. The first kappa shape index (κ1) is 6.96. The van der Waals surface area contributed by atoms with Crippen LogP contribution in [-0.4, -0.2) is 4.57 Å². The van der Waals surface area contributed by atoms with Crippen LogP contribution in [-0.2, 0) is 7.05 Å². The zero-order valence-corrected chi connectivity index (χ0v) is 7.37. The molecule has 0 spiro atoms. The lowest BCUT2D eigenvalue weighted by Crippen LogP contribution is -1.88. The van der Waals surface area contributed by atoms with Gasteiger partial charge < -0.3 is 4.57 Å². The van der Waals surface area contributed by atoms with Crippen LogP contribution < -0.4 is 0 Å². The first-order valence-corrected chi connectivity index (χ1v) is 3.72. The van der Waals surface area contributed by atoms with Crippen molar-refractivity contribution in [2.45, 2.75) is 0 Å². The topological polar surface area (TPSA) is 4.93 Å². The normalized spacial score (nSPS) is 9.56. The van der Waals surface area contributed by atoms with E-state index in [0.29, 0.717) is 0 Å². The van der Waals surface area contributed by atoms with Crippen molar-refractivity contribution >= 4 is 28.1 Å². The molecule has 0 aliphatic rings. The molecular weight excluding hydrogens is 198 g/mol. The van der Waals surface area contributed by atoms with Gasteiger partial charge in [0.25, 0.3) is 0 Å². The lowest BCUT2D eigenvalue weighted by atomic mass is 10.5. The third kappa shape index (κ3) is 1.63. The Bertz CT molecular complexity index is 266. The van der Waals surface area contributed by atoms with E-state index in [1.165, 1.54) is 0 Å². The molecule has 1 aromatic heterocycles. The van der Waals surface area contributed by atoms with E-state index >= 15 is 0 Å². The Morgan fingerprint density at radius 2 is 2.22 bits per heavy atom. The second kappa shape index (κ2) is 2.62. The van der Waals surface area contributed by atoms with Crippen molar-refractivity contribution in [3.05, 3.63) is 27.4 Å². The third-order valence-electron chi connectivity index (χ3n) is 1.05. The number of rotatable bonds is 0. The molecule has 0 amide bonds. The Labute approximate surface area is 67.5 Å². The summed E-state index contributed by atoms with van der Waals surface area (Å²) >= 11 is 8.28. The second-order valence-electron chi connectivity index (χ2n) is 1.80. The van der Waals surface area contributed by atoms with Crippen molar-refractivity contribution in [2.24, 2.45) is 7.05 Å². The van der Waals surface area contributed by atoms with Gasteiger partial charge in [-0.25, -0.2) is 0 Å². The lowest BCUT2D eigenvalue weighted by Gasteiger charge is -1.96. The summed E-state index contributed by atoms with van der Waals surface area (Å²) in [4.78, 5) is 0. The van der Waals surface area contributed by atoms with Crippen LogP contribution in [0.15, 0.2) is 22.8 Å². The Morgan fingerprint density at radius 3 is 2.67 bits per heavy atom. The van der Waals surface area contributed by atoms with Gasteiger partial charge in [-0.1, -0.05) is 12.2 Å². The number of aryl methyl sites for hydroxylation is 1. The molecule has 0 bridgehead atoms. The largest absolute Gasteiger partial charge is 0.341 e. The van der Waals surface area contributed by atoms with Crippen LogP contribution in [0, 0.1) is 4.64 Å². The fourth-order valence-electron chi connectivity index (χ4n) is 0.560. The molecule has 0 saturated heterocycles. The van der Waals surface area contributed by atoms with Gasteiger partial charge in [-0.15, -0.1) is 0 Å². The number of halogens is 1. The molecule has 1 nitrogen and oxygen atoms in total. The van der Waals surface area contributed by atoms with E-state index in [1.807, 2.05) is 29.9 Å². The number of hydrogen-bond acceptors (Lipinski definition) is 1. The van der Waals surface area contributed by atoms with E-state index < -0.39 is 0 Å². The summed E-state index contributed by atoms with van der Waals surface area (Å²) in [5, 5.41) is 0. The first-order valence-electron chi connectivity index (χ1n) is 2.52. The minimum atomic E-state index is 0.846. The predicted molar refractivity (Wildman–Crippen MR) is 43.9 cm³/mol.